The van der Waals surface area contributed by atoms with Crippen molar-refractivity contribution in [1.29, 1.82) is 0 Å². The molecule has 0 fully saturated rings. The van der Waals surface area contributed by atoms with Gasteiger partial charge in [-0.3, -0.25) is 4.79 Å². The molecule has 2 rings (SSSR count). The number of methoxy groups -OCH3 is 2. The summed E-state index contributed by atoms with van der Waals surface area (Å²) in [5, 5.41) is 3.22. The third kappa shape index (κ3) is 3.46. The Morgan fingerprint density at radius 3 is 2.67 bits per heavy atom. The smallest absolute Gasteiger partial charge is 0.266 e. The second-order valence-electron chi connectivity index (χ2n) is 4.37. The Kier molecular flexibility index (Phi) is 5.05. The number of rotatable bonds is 5. The monoisotopic (exact) mass is 401 g/mol. The largest absolute Gasteiger partial charge is 0.493 e. The molecule has 1 atom stereocenters. The minimum atomic E-state index is -0.160. The Bertz CT molecular complexity index is 687. The lowest BCUT2D eigenvalue weighted by atomic mass is 10.1. The summed E-state index contributed by atoms with van der Waals surface area (Å²) in [7, 11) is 3.20. The summed E-state index contributed by atoms with van der Waals surface area (Å²) in [4.78, 5) is 18.2. The van der Waals surface area contributed by atoms with Gasteiger partial charge < -0.3 is 19.8 Å². The normalized spacial score (nSPS) is 11.8. The molecule has 0 amide bonds. The fourth-order valence-corrected chi connectivity index (χ4v) is 2.34. The van der Waals surface area contributed by atoms with Gasteiger partial charge in [-0.15, -0.1) is 0 Å². The summed E-state index contributed by atoms with van der Waals surface area (Å²) >= 11 is 1.97. The van der Waals surface area contributed by atoms with Crippen molar-refractivity contribution in [3.8, 4) is 11.5 Å². The number of halogens is 1. The molecule has 6 nitrogen and oxygen atoms in total. The van der Waals surface area contributed by atoms with E-state index in [1.54, 1.807) is 14.2 Å². The summed E-state index contributed by atoms with van der Waals surface area (Å²) in [5.41, 5.74) is 0.846. The van der Waals surface area contributed by atoms with Gasteiger partial charge in [-0.1, -0.05) is 6.07 Å². The molecule has 7 heteroatoms. The van der Waals surface area contributed by atoms with Gasteiger partial charge in [0.2, 0.25) is 0 Å². The number of nitrogens with one attached hydrogen (secondary N) is 2. The van der Waals surface area contributed by atoms with Crippen molar-refractivity contribution in [1.82, 2.24) is 9.97 Å². The number of aromatic nitrogens is 2. The molecule has 0 radical (unpaired) electrons. The van der Waals surface area contributed by atoms with Crippen LogP contribution in [0.5, 0.6) is 11.5 Å². The molecule has 0 aliphatic heterocycles. The van der Waals surface area contributed by atoms with E-state index >= 15 is 0 Å². The fourth-order valence-electron chi connectivity index (χ4n) is 1.89. The van der Waals surface area contributed by atoms with Crippen molar-refractivity contribution in [3.05, 3.63) is 44.0 Å². The first-order valence-corrected chi connectivity index (χ1v) is 7.36. The lowest BCUT2D eigenvalue weighted by molar-refractivity contribution is 0.354. The molecule has 0 saturated heterocycles. The number of anilines is 1. The molecular formula is C14H16IN3O3. The molecule has 0 spiro atoms. The van der Waals surface area contributed by atoms with Crippen LogP contribution in [0.25, 0.3) is 0 Å². The highest BCUT2D eigenvalue weighted by Gasteiger charge is 2.13. The van der Waals surface area contributed by atoms with Crippen LogP contribution in [-0.2, 0) is 0 Å². The van der Waals surface area contributed by atoms with E-state index < -0.39 is 0 Å². The number of H-pyrrole nitrogens is 1. The second-order valence-corrected chi connectivity index (χ2v) is 5.45. The van der Waals surface area contributed by atoms with Gasteiger partial charge in [0.1, 0.15) is 9.39 Å². The summed E-state index contributed by atoms with van der Waals surface area (Å²) in [5.74, 6) is 1.90. The van der Waals surface area contributed by atoms with Crippen molar-refractivity contribution in [2.75, 3.05) is 19.5 Å². The second kappa shape index (κ2) is 6.79. The van der Waals surface area contributed by atoms with Crippen molar-refractivity contribution < 1.29 is 9.47 Å². The van der Waals surface area contributed by atoms with Gasteiger partial charge >= 0.3 is 0 Å². The van der Waals surface area contributed by atoms with Gasteiger partial charge in [0.15, 0.2) is 11.5 Å². The highest BCUT2D eigenvalue weighted by atomic mass is 127. The zero-order valence-electron chi connectivity index (χ0n) is 11.9. The molecule has 0 aliphatic carbocycles. The van der Waals surface area contributed by atoms with Crippen LogP contribution in [0.15, 0.2) is 29.3 Å². The molecule has 2 N–H and O–H groups in total. The maximum absolute atomic E-state index is 11.6. The maximum Gasteiger partial charge on any atom is 0.266 e. The van der Waals surface area contributed by atoms with Crippen LogP contribution in [-0.4, -0.2) is 24.2 Å². The topological polar surface area (TPSA) is 76.2 Å². The molecule has 2 aromatic rings. The third-order valence-electron chi connectivity index (χ3n) is 3.06. The van der Waals surface area contributed by atoms with E-state index in [0.717, 1.165) is 5.56 Å². The molecule has 0 bridgehead atoms. The molecule has 1 aromatic carbocycles. The Balaban J connectivity index is 2.26. The Morgan fingerprint density at radius 2 is 2.00 bits per heavy atom. The number of ether oxygens (including phenoxy) is 2. The van der Waals surface area contributed by atoms with Crippen molar-refractivity contribution in [2.45, 2.75) is 13.0 Å². The van der Waals surface area contributed by atoms with Crippen LogP contribution in [0.1, 0.15) is 18.5 Å². The number of hydrogen-bond donors (Lipinski definition) is 2. The summed E-state index contributed by atoms with van der Waals surface area (Å²) < 4.78 is 11.0. The lowest BCUT2D eigenvalue weighted by Gasteiger charge is -2.17. The van der Waals surface area contributed by atoms with Gasteiger partial charge in [-0.25, -0.2) is 4.98 Å². The quantitative estimate of drug-likeness (QED) is 0.754. The van der Waals surface area contributed by atoms with E-state index in [1.807, 2.05) is 47.7 Å². The highest BCUT2D eigenvalue weighted by Crippen LogP contribution is 2.31. The van der Waals surface area contributed by atoms with Crippen LogP contribution in [0.3, 0.4) is 0 Å². The van der Waals surface area contributed by atoms with Crippen molar-refractivity contribution in [3.63, 3.8) is 0 Å². The maximum atomic E-state index is 11.6. The molecule has 112 valence electrons. The van der Waals surface area contributed by atoms with Gasteiger partial charge in [-0.2, -0.15) is 0 Å². The van der Waals surface area contributed by atoms with E-state index in [0.29, 0.717) is 20.9 Å². The van der Waals surface area contributed by atoms with E-state index in [4.69, 9.17) is 9.47 Å². The van der Waals surface area contributed by atoms with E-state index in [-0.39, 0.29) is 11.6 Å². The predicted molar refractivity (Wildman–Crippen MR) is 89.2 cm³/mol. The highest BCUT2D eigenvalue weighted by molar-refractivity contribution is 14.1. The van der Waals surface area contributed by atoms with E-state index in [9.17, 15) is 4.79 Å². The molecule has 1 aromatic heterocycles. The first-order valence-electron chi connectivity index (χ1n) is 6.28. The standard InChI is InChI=1S/C14H16IN3O3/c1-8(18-13-12(15)14(19)17-7-16-13)9-4-5-10(20-2)11(6-9)21-3/h4-8H,1-3H3,(H2,16,17,18,19). The molecule has 1 unspecified atom stereocenters. The Hall–Kier alpha value is -1.77. The van der Waals surface area contributed by atoms with Crippen LogP contribution in [0.4, 0.5) is 5.82 Å². The van der Waals surface area contributed by atoms with Gasteiger partial charge in [-0.05, 0) is 47.2 Å². The van der Waals surface area contributed by atoms with Gasteiger partial charge in [0.25, 0.3) is 5.56 Å². The molecule has 0 aliphatic rings. The summed E-state index contributed by atoms with van der Waals surface area (Å²) in [6.07, 6.45) is 1.38. The average Bonchev–Trinajstić information content (AvgIpc) is 2.51. The lowest BCUT2D eigenvalue weighted by Crippen LogP contribution is -2.16. The number of benzene rings is 1. The van der Waals surface area contributed by atoms with Crippen molar-refractivity contribution in [2.24, 2.45) is 0 Å². The van der Waals surface area contributed by atoms with E-state index in [1.165, 1.54) is 6.33 Å². The minimum Gasteiger partial charge on any atom is -0.493 e. The van der Waals surface area contributed by atoms with Crippen LogP contribution in [0.2, 0.25) is 0 Å². The SMILES string of the molecule is COc1ccc(C(C)Nc2nc[nH]c(=O)c2I)cc1OC. The van der Waals surface area contributed by atoms with Crippen LogP contribution >= 0.6 is 22.6 Å². The predicted octanol–water partition coefficient (Wildman–Crippen LogP) is 2.56. The number of nitrogens with zero attached hydrogens (tertiary/aromatic N) is 1. The summed E-state index contributed by atoms with van der Waals surface area (Å²) in [6, 6.07) is 5.66. The minimum absolute atomic E-state index is 0.0346. The first-order chi connectivity index (χ1) is 10.1. The molecule has 21 heavy (non-hydrogen) atoms. The van der Waals surface area contributed by atoms with Gasteiger partial charge in [0, 0.05) is 0 Å². The zero-order valence-corrected chi connectivity index (χ0v) is 14.1. The van der Waals surface area contributed by atoms with Crippen molar-refractivity contribution >= 4 is 28.4 Å². The third-order valence-corrected chi connectivity index (χ3v) is 4.06. The average molecular weight is 401 g/mol. The van der Waals surface area contributed by atoms with Crippen LogP contribution in [0, 0.1) is 3.57 Å². The Morgan fingerprint density at radius 1 is 1.29 bits per heavy atom. The number of aromatic amines is 1. The molecule has 0 saturated carbocycles. The van der Waals surface area contributed by atoms with Crippen LogP contribution < -0.4 is 20.3 Å². The van der Waals surface area contributed by atoms with Gasteiger partial charge in [0.05, 0.1) is 26.6 Å². The van der Waals surface area contributed by atoms with E-state index in [2.05, 4.69) is 15.3 Å². The molecular weight excluding hydrogens is 385 g/mol. The fraction of sp³-hybridized carbons (Fsp3) is 0.286. The first kappa shape index (κ1) is 15.6. The zero-order chi connectivity index (χ0) is 15.4. The molecule has 1 heterocycles. The Labute approximate surface area is 136 Å². The summed E-state index contributed by atoms with van der Waals surface area (Å²) in [6.45, 7) is 1.99. The number of hydrogen-bond acceptors (Lipinski definition) is 5.